The summed E-state index contributed by atoms with van der Waals surface area (Å²) < 4.78 is 49.1. The molecule has 0 spiro atoms. The van der Waals surface area contributed by atoms with E-state index < -0.39 is 23.8 Å². The Morgan fingerprint density at radius 2 is 1.45 bits per heavy atom. The fourth-order valence-electron chi connectivity index (χ4n) is 2.64. The van der Waals surface area contributed by atoms with E-state index in [1.807, 2.05) is 0 Å². The van der Waals surface area contributed by atoms with E-state index in [0.717, 1.165) is 12.1 Å². The summed E-state index contributed by atoms with van der Waals surface area (Å²) in [4.78, 5) is 12.9. The number of anilines is 1. The number of ether oxygens (including phenoxy) is 2. The number of hydrogen-bond acceptors (Lipinski definition) is 3. The van der Waals surface area contributed by atoms with E-state index in [-0.39, 0.29) is 5.75 Å². The van der Waals surface area contributed by atoms with Gasteiger partial charge in [-0.3, -0.25) is 4.79 Å². The van der Waals surface area contributed by atoms with Gasteiger partial charge in [0.05, 0.1) is 12.7 Å². The molecule has 0 fully saturated rings. The van der Waals surface area contributed by atoms with Gasteiger partial charge >= 0.3 is 6.18 Å². The molecule has 0 bridgehead atoms. The maximum Gasteiger partial charge on any atom is 0.416 e. The monoisotopic (exact) mass is 401 g/mol. The Labute approximate surface area is 165 Å². The van der Waals surface area contributed by atoms with E-state index in [2.05, 4.69) is 5.32 Å². The molecule has 0 aliphatic carbocycles. The highest BCUT2D eigenvalue weighted by atomic mass is 19.4. The zero-order chi connectivity index (χ0) is 20.9. The van der Waals surface area contributed by atoms with Crippen LogP contribution in [0.1, 0.15) is 17.2 Å². The summed E-state index contributed by atoms with van der Waals surface area (Å²) in [6.45, 7) is 0. The fraction of sp³-hybridized carbons (Fsp3) is 0.136. The van der Waals surface area contributed by atoms with Gasteiger partial charge in [0.15, 0.2) is 0 Å². The summed E-state index contributed by atoms with van der Waals surface area (Å²) >= 11 is 0. The average Bonchev–Trinajstić information content (AvgIpc) is 2.73. The van der Waals surface area contributed by atoms with Crippen molar-refractivity contribution in [2.45, 2.75) is 12.3 Å². The predicted octanol–water partition coefficient (Wildman–Crippen LogP) is 5.47. The van der Waals surface area contributed by atoms with Gasteiger partial charge in [-0.1, -0.05) is 30.3 Å². The van der Waals surface area contributed by atoms with Crippen LogP contribution in [0.2, 0.25) is 0 Å². The van der Waals surface area contributed by atoms with Crippen LogP contribution < -0.4 is 14.8 Å². The second-order valence-corrected chi connectivity index (χ2v) is 6.15. The first-order valence-corrected chi connectivity index (χ1v) is 8.70. The minimum Gasteiger partial charge on any atom is -0.497 e. The molecule has 4 nitrogen and oxygen atoms in total. The summed E-state index contributed by atoms with van der Waals surface area (Å²) in [6, 6.07) is 19.7. The van der Waals surface area contributed by atoms with Crippen molar-refractivity contribution in [2.75, 3.05) is 12.4 Å². The van der Waals surface area contributed by atoms with Crippen LogP contribution in [0.3, 0.4) is 0 Å². The van der Waals surface area contributed by atoms with Crippen molar-refractivity contribution in [3.63, 3.8) is 0 Å². The number of benzene rings is 3. The number of amides is 1. The van der Waals surface area contributed by atoms with Crippen molar-refractivity contribution < 1.29 is 27.4 Å². The molecule has 3 rings (SSSR count). The lowest BCUT2D eigenvalue weighted by molar-refractivity contribution is -0.137. The van der Waals surface area contributed by atoms with Gasteiger partial charge in [-0.2, -0.15) is 13.2 Å². The third kappa shape index (κ3) is 5.28. The molecule has 0 heterocycles. The van der Waals surface area contributed by atoms with Crippen molar-refractivity contribution in [2.24, 2.45) is 0 Å². The Kier molecular flexibility index (Phi) is 6.07. The molecule has 0 saturated heterocycles. The first kappa shape index (κ1) is 20.3. The van der Waals surface area contributed by atoms with Gasteiger partial charge in [0.1, 0.15) is 11.5 Å². The van der Waals surface area contributed by atoms with E-state index in [9.17, 15) is 18.0 Å². The standard InChI is InChI=1S/C22H18F3NO3/c1-28-18-13-9-17(10-14-18)26-21(27)20(15-5-3-2-4-6-15)29-19-11-7-16(8-12-19)22(23,24)25/h2-14,20H,1H3,(H,26,27)/t20-/m1/s1. The molecule has 3 aromatic carbocycles. The van der Waals surface area contributed by atoms with Crippen LogP contribution in [0.15, 0.2) is 78.9 Å². The maximum absolute atomic E-state index is 12.9. The number of methoxy groups -OCH3 is 1. The number of halogens is 3. The van der Waals surface area contributed by atoms with Crippen molar-refractivity contribution in [3.8, 4) is 11.5 Å². The fourth-order valence-corrected chi connectivity index (χ4v) is 2.64. The molecule has 1 atom stereocenters. The molecule has 1 N–H and O–H groups in total. The Hall–Kier alpha value is -3.48. The van der Waals surface area contributed by atoms with Gasteiger partial charge in [0, 0.05) is 11.3 Å². The minimum absolute atomic E-state index is 0.150. The second-order valence-electron chi connectivity index (χ2n) is 6.15. The van der Waals surface area contributed by atoms with Crippen molar-refractivity contribution in [1.82, 2.24) is 0 Å². The second kappa shape index (κ2) is 8.68. The number of carbonyl (C=O) groups is 1. The Morgan fingerprint density at radius 1 is 0.862 bits per heavy atom. The van der Waals surface area contributed by atoms with E-state index >= 15 is 0 Å². The molecular weight excluding hydrogens is 383 g/mol. The molecule has 0 saturated carbocycles. The minimum atomic E-state index is -4.44. The summed E-state index contributed by atoms with van der Waals surface area (Å²) in [6.07, 6.45) is -5.49. The smallest absolute Gasteiger partial charge is 0.416 e. The molecule has 0 aliphatic heterocycles. The largest absolute Gasteiger partial charge is 0.497 e. The summed E-state index contributed by atoms with van der Waals surface area (Å²) in [5, 5.41) is 2.75. The van der Waals surface area contributed by atoms with Gasteiger partial charge < -0.3 is 14.8 Å². The maximum atomic E-state index is 12.9. The first-order chi connectivity index (χ1) is 13.9. The van der Waals surface area contributed by atoms with Crippen LogP contribution in [-0.2, 0) is 11.0 Å². The van der Waals surface area contributed by atoms with E-state index in [4.69, 9.17) is 9.47 Å². The van der Waals surface area contributed by atoms with Gasteiger partial charge in [0.25, 0.3) is 5.91 Å². The molecule has 0 unspecified atom stereocenters. The van der Waals surface area contributed by atoms with Crippen molar-refractivity contribution in [1.29, 1.82) is 0 Å². The van der Waals surface area contributed by atoms with Gasteiger partial charge in [-0.05, 0) is 48.5 Å². The Morgan fingerprint density at radius 3 is 2.00 bits per heavy atom. The normalized spacial score (nSPS) is 12.1. The van der Waals surface area contributed by atoms with Crippen molar-refractivity contribution >= 4 is 11.6 Å². The lowest BCUT2D eigenvalue weighted by atomic mass is 10.1. The Bertz CT molecular complexity index is 940. The van der Waals surface area contributed by atoms with E-state index in [0.29, 0.717) is 17.0 Å². The zero-order valence-electron chi connectivity index (χ0n) is 15.4. The molecule has 1 amide bonds. The quantitative estimate of drug-likeness (QED) is 0.596. The number of alkyl halides is 3. The van der Waals surface area contributed by atoms with Crippen LogP contribution in [0, 0.1) is 0 Å². The van der Waals surface area contributed by atoms with Crippen LogP contribution in [-0.4, -0.2) is 13.0 Å². The highest BCUT2D eigenvalue weighted by Gasteiger charge is 2.30. The SMILES string of the molecule is COc1ccc(NC(=O)[C@H](Oc2ccc(C(F)(F)F)cc2)c2ccccc2)cc1. The number of nitrogens with one attached hydrogen (secondary N) is 1. The molecule has 150 valence electrons. The molecule has 3 aromatic rings. The molecule has 0 aromatic heterocycles. The van der Waals surface area contributed by atoms with E-state index in [1.54, 1.807) is 54.6 Å². The molecule has 0 aliphatic rings. The third-order valence-electron chi connectivity index (χ3n) is 4.13. The van der Waals surface area contributed by atoms with Gasteiger partial charge in [-0.25, -0.2) is 0 Å². The average molecular weight is 401 g/mol. The predicted molar refractivity (Wildman–Crippen MR) is 103 cm³/mol. The topological polar surface area (TPSA) is 47.6 Å². The number of carbonyl (C=O) groups excluding carboxylic acids is 1. The lowest BCUT2D eigenvalue weighted by Crippen LogP contribution is -2.25. The van der Waals surface area contributed by atoms with E-state index in [1.165, 1.54) is 19.2 Å². The number of rotatable bonds is 6. The molecule has 0 radical (unpaired) electrons. The number of hydrogen-bond donors (Lipinski definition) is 1. The Balaban J connectivity index is 1.81. The van der Waals surface area contributed by atoms with Gasteiger partial charge in [-0.15, -0.1) is 0 Å². The highest BCUT2D eigenvalue weighted by Crippen LogP contribution is 2.31. The highest BCUT2D eigenvalue weighted by molar-refractivity contribution is 5.95. The van der Waals surface area contributed by atoms with Crippen LogP contribution in [0.25, 0.3) is 0 Å². The summed E-state index contributed by atoms with van der Waals surface area (Å²) in [5.74, 6) is 0.335. The summed E-state index contributed by atoms with van der Waals surface area (Å²) in [5.41, 5.74) is 0.315. The third-order valence-corrected chi connectivity index (χ3v) is 4.13. The van der Waals surface area contributed by atoms with Crippen molar-refractivity contribution in [3.05, 3.63) is 90.0 Å². The molecule has 29 heavy (non-hydrogen) atoms. The zero-order valence-corrected chi connectivity index (χ0v) is 15.4. The molecular formula is C22H18F3NO3. The lowest BCUT2D eigenvalue weighted by Gasteiger charge is -2.20. The van der Waals surface area contributed by atoms with Crippen LogP contribution >= 0.6 is 0 Å². The van der Waals surface area contributed by atoms with Gasteiger partial charge in [0.2, 0.25) is 6.10 Å². The molecule has 7 heteroatoms. The van der Waals surface area contributed by atoms with Crippen LogP contribution in [0.5, 0.6) is 11.5 Å². The van der Waals surface area contributed by atoms with Crippen LogP contribution in [0.4, 0.5) is 18.9 Å². The summed E-state index contributed by atoms with van der Waals surface area (Å²) in [7, 11) is 1.54. The first-order valence-electron chi connectivity index (χ1n) is 8.70.